The van der Waals surface area contributed by atoms with E-state index in [2.05, 4.69) is 4.74 Å². The first-order valence-corrected chi connectivity index (χ1v) is 5.92. The molecular weight excluding hydrogens is 254 g/mol. The average molecular weight is 270 g/mol. The highest BCUT2D eigenvalue weighted by molar-refractivity contribution is 6.33. The van der Waals surface area contributed by atoms with E-state index in [0.717, 1.165) is 0 Å². The Kier molecular flexibility index (Phi) is 5.16. The summed E-state index contributed by atoms with van der Waals surface area (Å²) in [6.07, 6.45) is 0.440. The molecule has 0 aliphatic carbocycles. The van der Waals surface area contributed by atoms with E-state index in [-0.39, 0.29) is 5.78 Å². The van der Waals surface area contributed by atoms with E-state index in [9.17, 15) is 9.59 Å². The predicted octanol–water partition coefficient (Wildman–Crippen LogP) is 2.54. The van der Waals surface area contributed by atoms with Gasteiger partial charge in [-0.05, 0) is 25.1 Å². The van der Waals surface area contributed by atoms with Crippen molar-refractivity contribution < 1.29 is 14.3 Å². The SMILES string of the molecule is COC(=O)c1ccc(Cl)c(N(C)CCC(C)=O)c1. The quantitative estimate of drug-likeness (QED) is 0.771. The van der Waals surface area contributed by atoms with Gasteiger partial charge in [-0.25, -0.2) is 4.79 Å². The third-order valence-corrected chi connectivity index (χ3v) is 2.90. The van der Waals surface area contributed by atoms with E-state index in [1.54, 1.807) is 25.1 Å². The number of nitrogens with zero attached hydrogens (tertiary/aromatic N) is 1. The molecule has 0 radical (unpaired) electrons. The van der Waals surface area contributed by atoms with Crippen molar-refractivity contribution in [3.05, 3.63) is 28.8 Å². The number of anilines is 1. The molecule has 0 saturated heterocycles. The largest absolute Gasteiger partial charge is 0.465 e. The molecule has 0 heterocycles. The zero-order valence-electron chi connectivity index (χ0n) is 10.7. The zero-order chi connectivity index (χ0) is 13.7. The summed E-state index contributed by atoms with van der Waals surface area (Å²) in [4.78, 5) is 24.2. The molecule has 18 heavy (non-hydrogen) atoms. The number of benzene rings is 1. The van der Waals surface area contributed by atoms with Crippen LogP contribution in [0, 0.1) is 0 Å². The van der Waals surface area contributed by atoms with Gasteiger partial charge in [-0.15, -0.1) is 0 Å². The zero-order valence-corrected chi connectivity index (χ0v) is 11.5. The lowest BCUT2D eigenvalue weighted by Crippen LogP contribution is -2.21. The molecule has 0 aliphatic heterocycles. The van der Waals surface area contributed by atoms with Crippen molar-refractivity contribution >= 4 is 29.0 Å². The van der Waals surface area contributed by atoms with Crippen molar-refractivity contribution in [1.82, 2.24) is 0 Å². The third kappa shape index (κ3) is 3.74. The number of carbonyl (C=O) groups excluding carboxylic acids is 2. The molecule has 0 bridgehead atoms. The van der Waals surface area contributed by atoms with Crippen LogP contribution in [0.2, 0.25) is 5.02 Å². The molecule has 0 spiro atoms. The molecule has 0 amide bonds. The molecule has 1 rings (SSSR count). The highest BCUT2D eigenvalue weighted by Gasteiger charge is 2.12. The number of methoxy groups -OCH3 is 1. The molecule has 0 N–H and O–H groups in total. The average Bonchev–Trinajstić information content (AvgIpc) is 2.35. The van der Waals surface area contributed by atoms with Crippen LogP contribution in [0.4, 0.5) is 5.69 Å². The van der Waals surface area contributed by atoms with Crippen LogP contribution in [0.5, 0.6) is 0 Å². The normalized spacial score (nSPS) is 10.0. The molecule has 98 valence electrons. The van der Waals surface area contributed by atoms with Gasteiger partial charge in [0.05, 0.1) is 23.4 Å². The molecule has 0 saturated carbocycles. The fourth-order valence-electron chi connectivity index (χ4n) is 1.50. The topological polar surface area (TPSA) is 46.6 Å². The number of carbonyl (C=O) groups is 2. The van der Waals surface area contributed by atoms with Crippen molar-refractivity contribution in [2.45, 2.75) is 13.3 Å². The van der Waals surface area contributed by atoms with Gasteiger partial charge in [0.2, 0.25) is 0 Å². The number of Topliss-reactive ketones (excluding diaryl/α,β-unsaturated/α-hetero) is 1. The van der Waals surface area contributed by atoms with Gasteiger partial charge in [0.25, 0.3) is 0 Å². The summed E-state index contributed by atoms with van der Waals surface area (Å²) >= 11 is 6.08. The number of hydrogen-bond donors (Lipinski definition) is 0. The number of esters is 1. The van der Waals surface area contributed by atoms with Crippen molar-refractivity contribution in [3.63, 3.8) is 0 Å². The third-order valence-electron chi connectivity index (χ3n) is 2.58. The smallest absolute Gasteiger partial charge is 0.337 e. The molecule has 0 aromatic heterocycles. The standard InChI is InChI=1S/C13H16ClNO3/c1-9(16)6-7-15(2)12-8-10(13(17)18-3)4-5-11(12)14/h4-5,8H,6-7H2,1-3H3. The Bertz CT molecular complexity index is 460. The van der Waals surface area contributed by atoms with Gasteiger partial charge in [0.15, 0.2) is 0 Å². The van der Waals surface area contributed by atoms with Crippen LogP contribution in [-0.4, -0.2) is 32.5 Å². The number of ether oxygens (including phenoxy) is 1. The Morgan fingerprint density at radius 3 is 2.61 bits per heavy atom. The first-order chi connectivity index (χ1) is 8.45. The molecule has 0 unspecified atom stereocenters. The van der Waals surface area contributed by atoms with Crippen LogP contribution in [0.1, 0.15) is 23.7 Å². The van der Waals surface area contributed by atoms with E-state index in [4.69, 9.17) is 11.6 Å². The summed E-state index contributed by atoms with van der Waals surface area (Å²) in [7, 11) is 3.15. The first kappa shape index (κ1) is 14.5. The van der Waals surface area contributed by atoms with E-state index in [1.807, 2.05) is 11.9 Å². The van der Waals surface area contributed by atoms with E-state index in [0.29, 0.717) is 29.2 Å². The molecule has 0 fully saturated rings. The Labute approximate surface area is 111 Å². The lowest BCUT2D eigenvalue weighted by Gasteiger charge is -2.20. The van der Waals surface area contributed by atoms with Gasteiger partial charge in [-0.1, -0.05) is 11.6 Å². The van der Waals surface area contributed by atoms with Gasteiger partial charge in [0, 0.05) is 20.0 Å². The van der Waals surface area contributed by atoms with Crippen LogP contribution in [0.3, 0.4) is 0 Å². The second-order valence-corrected chi connectivity index (χ2v) is 4.44. The van der Waals surface area contributed by atoms with E-state index in [1.165, 1.54) is 7.11 Å². The maximum Gasteiger partial charge on any atom is 0.337 e. The van der Waals surface area contributed by atoms with Gasteiger partial charge in [-0.2, -0.15) is 0 Å². The number of halogens is 1. The fraction of sp³-hybridized carbons (Fsp3) is 0.385. The van der Waals surface area contributed by atoms with Crippen LogP contribution in [0.15, 0.2) is 18.2 Å². The van der Waals surface area contributed by atoms with Crippen LogP contribution in [0.25, 0.3) is 0 Å². The molecule has 1 aromatic rings. The lowest BCUT2D eigenvalue weighted by molar-refractivity contribution is -0.116. The minimum atomic E-state index is -0.409. The maximum atomic E-state index is 11.4. The molecule has 1 aromatic carbocycles. The number of rotatable bonds is 5. The molecular formula is C13H16ClNO3. The highest BCUT2D eigenvalue weighted by atomic mass is 35.5. The monoisotopic (exact) mass is 269 g/mol. The minimum absolute atomic E-state index is 0.113. The molecule has 0 aliphatic rings. The summed E-state index contributed by atoms with van der Waals surface area (Å²) in [6.45, 7) is 2.10. The second kappa shape index (κ2) is 6.40. The molecule has 0 atom stereocenters. The number of ketones is 1. The summed E-state index contributed by atoms with van der Waals surface area (Å²) in [5.41, 5.74) is 1.15. The van der Waals surface area contributed by atoms with E-state index < -0.39 is 5.97 Å². The number of hydrogen-bond acceptors (Lipinski definition) is 4. The van der Waals surface area contributed by atoms with E-state index >= 15 is 0 Å². The highest BCUT2D eigenvalue weighted by Crippen LogP contribution is 2.26. The van der Waals surface area contributed by atoms with Crippen LogP contribution < -0.4 is 4.90 Å². The summed E-state index contributed by atoms with van der Waals surface area (Å²) < 4.78 is 4.65. The summed E-state index contributed by atoms with van der Waals surface area (Å²) in [6, 6.07) is 4.91. The Morgan fingerprint density at radius 1 is 1.39 bits per heavy atom. The van der Waals surface area contributed by atoms with Gasteiger partial charge < -0.3 is 9.64 Å². The second-order valence-electron chi connectivity index (χ2n) is 4.03. The van der Waals surface area contributed by atoms with Crippen LogP contribution in [-0.2, 0) is 9.53 Å². The van der Waals surface area contributed by atoms with Gasteiger partial charge in [-0.3, -0.25) is 4.79 Å². The van der Waals surface area contributed by atoms with Crippen LogP contribution >= 0.6 is 11.6 Å². The molecule has 4 nitrogen and oxygen atoms in total. The van der Waals surface area contributed by atoms with Crippen molar-refractivity contribution in [2.24, 2.45) is 0 Å². The predicted molar refractivity (Wildman–Crippen MR) is 71.4 cm³/mol. The van der Waals surface area contributed by atoms with Crippen molar-refractivity contribution in [1.29, 1.82) is 0 Å². The fourth-order valence-corrected chi connectivity index (χ4v) is 1.76. The molecule has 5 heteroatoms. The Morgan fingerprint density at radius 2 is 2.06 bits per heavy atom. The van der Waals surface area contributed by atoms with Crippen molar-refractivity contribution in [2.75, 3.05) is 25.6 Å². The Balaban J connectivity index is 2.92. The lowest BCUT2D eigenvalue weighted by atomic mass is 10.2. The van der Waals surface area contributed by atoms with Crippen molar-refractivity contribution in [3.8, 4) is 0 Å². The first-order valence-electron chi connectivity index (χ1n) is 5.54. The Hall–Kier alpha value is -1.55. The summed E-state index contributed by atoms with van der Waals surface area (Å²) in [5.74, 6) is -0.296. The van der Waals surface area contributed by atoms with Gasteiger partial charge >= 0.3 is 5.97 Å². The van der Waals surface area contributed by atoms with Gasteiger partial charge in [0.1, 0.15) is 5.78 Å². The maximum absolute atomic E-state index is 11.4. The minimum Gasteiger partial charge on any atom is -0.465 e. The summed E-state index contributed by atoms with van der Waals surface area (Å²) in [5, 5.41) is 0.536.